The van der Waals surface area contributed by atoms with Crippen molar-refractivity contribution in [1.29, 1.82) is 0 Å². The van der Waals surface area contributed by atoms with Crippen molar-refractivity contribution in [2.45, 2.75) is 20.8 Å². The highest BCUT2D eigenvalue weighted by molar-refractivity contribution is 9.11. The van der Waals surface area contributed by atoms with Crippen molar-refractivity contribution in [3.8, 4) is 11.5 Å². The van der Waals surface area contributed by atoms with Gasteiger partial charge in [0.25, 0.3) is 0 Å². The first-order valence-electron chi connectivity index (χ1n) is 7.38. The van der Waals surface area contributed by atoms with Gasteiger partial charge in [-0.25, -0.2) is 4.79 Å². The van der Waals surface area contributed by atoms with Crippen LogP contribution in [0.2, 0.25) is 0 Å². The van der Waals surface area contributed by atoms with E-state index in [0.29, 0.717) is 29.6 Å². The second kappa shape index (κ2) is 8.50. The van der Waals surface area contributed by atoms with Crippen LogP contribution in [0.25, 0.3) is 0 Å². The van der Waals surface area contributed by atoms with Gasteiger partial charge in [0, 0.05) is 4.47 Å². The summed E-state index contributed by atoms with van der Waals surface area (Å²) in [6.07, 6.45) is 0. The van der Waals surface area contributed by atoms with Crippen molar-refractivity contribution in [2.75, 3.05) is 6.61 Å². The molecule has 6 heteroatoms. The third kappa shape index (κ3) is 5.07. The first-order chi connectivity index (χ1) is 11.3. The average Bonchev–Trinajstić information content (AvgIpc) is 2.49. The zero-order valence-corrected chi connectivity index (χ0v) is 18.3. The number of carbonyl (C=O) groups excluding carboxylic acids is 1. The van der Waals surface area contributed by atoms with E-state index in [9.17, 15) is 4.79 Å². The maximum atomic E-state index is 12.4. The number of carbonyl (C=O) groups is 1. The summed E-state index contributed by atoms with van der Waals surface area (Å²) in [5, 5.41) is 0. The van der Waals surface area contributed by atoms with E-state index >= 15 is 0 Å². The molecule has 0 N–H and O–H groups in total. The summed E-state index contributed by atoms with van der Waals surface area (Å²) in [5.74, 6) is 1.23. The van der Waals surface area contributed by atoms with Crippen molar-refractivity contribution < 1.29 is 14.3 Å². The molecule has 2 rings (SSSR count). The SMILES string of the molecule is Cc1cc(Br)cc(Br)c1OC(=O)c1ccc(OCC(C)C)c(Br)c1. The Bertz CT molecular complexity index is 734. The number of aryl methyl sites for hydroxylation is 1. The molecule has 3 nitrogen and oxygen atoms in total. The summed E-state index contributed by atoms with van der Waals surface area (Å²) < 4.78 is 13.6. The van der Waals surface area contributed by atoms with Gasteiger partial charge in [-0.1, -0.05) is 29.8 Å². The van der Waals surface area contributed by atoms with Crippen LogP contribution in [0.3, 0.4) is 0 Å². The molecule has 0 unspecified atom stereocenters. The molecular weight excluding hydrogens is 504 g/mol. The lowest BCUT2D eigenvalue weighted by atomic mass is 10.2. The molecule has 0 aliphatic heterocycles. The Balaban J connectivity index is 2.17. The van der Waals surface area contributed by atoms with Crippen LogP contribution in [0.4, 0.5) is 0 Å². The van der Waals surface area contributed by atoms with E-state index in [-0.39, 0.29) is 0 Å². The maximum absolute atomic E-state index is 12.4. The predicted molar refractivity (Wildman–Crippen MR) is 106 cm³/mol. The molecule has 0 fully saturated rings. The first-order valence-corrected chi connectivity index (χ1v) is 9.76. The summed E-state index contributed by atoms with van der Waals surface area (Å²) >= 11 is 10.3. The van der Waals surface area contributed by atoms with E-state index in [1.54, 1.807) is 18.2 Å². The number of benzene rings is 2. The zero-order chi connectivity index (χ0) is 17.9. The lowest BCUT2D eigenvalue weighted by Gasteiger charge is -2.13. The fraction of sp³-hybridized carbons (Fsp3) is 0.278. The number of hydrogen-bond donors (Lipinski definition) is 0. The second-order valence-electron chi connectivity index (χ2n) is 5.77. The molecule has 2 aromatic rings. The largest absolute Gasteiger partial charge is 0.492 e. The van der Waals surface area contributed by atoms with E-state index in [4.69, 9.17) is 9.47 Å². The van der Waals surface area contributed by atoms with Gasteiger partial charge in [0.2, 0.25) is 0 Å². The van der Waals surface area contributed by atoms with Crippen LogP contribution in [-0.4, -0.2) is 12.6 Å². The molecule has 128 valence electrons. The minimum Gasteiger partial charge on any atom is -0.492 e. The predicted octanol–water partition coefficient (Wildman–Crippen LogP) is 6.54. The molecule has 0 radical (unpaired) electrons. The fourth-order valence-corrected chi connectivity index (χ4v) is 3.98. The number of esters is 1. The van der Waals surface area contributed by atoms with Crippen LogP contribution in [0.5, 0.6) is 11.5 Å². The lowest BCUT2D eigenvalue weighted by Crippen LogP contribution is -2.10. The molecule has 0 heterocycles. The average molecular weight is 521 g/mol. The van der Waals surface area contributed by atoms with Crippen molar-refractivity contribution in [2.24, 2.45) is 5.92 Å². The number of hydrogen-bond acceptors (Lipinski definition) is 3. The van der Waals surface area contributed by atoms with Crippen molar-refractivity contribution in [3.63, 3.8) is 0 Å². The van der Waals surface area contributed by atoms with Gasteiger partial charge in [0.15, 0.2) is 0 Å². The summed E-state index contributed by atoms with van der Waals surface area (Å²) in [6.45, 7) is 6.67. The van der Waals surface area contributed by atoms with Crippen LogP contribution < -0.4 is 9.47 Å². The molecular formula is C18H17Br3O3. The maximum Gasteiger partial charge on any atom is 0.343 e. The van der Waals surface area contributed by atoms with Crippen LogP contribution in [0.1, 0.15) is 29.8 Å². The van der Waals surface area contributed by atoms with Crippen molar-refractivity contribution in [1.82, 2.24) is 0 Å². The number of halogens is 3. The molecule has 0 aliphatic rings. The monoisotopic (exact) mass is 518 g/mol. The van der Waals surface area contributed by atoms with Gasteiger partial charge in [-0.05, 0) is 80.6 Å². The van der Waals surface area contributed by atoms with Crippen LogP contribution in [0, 0.1) is 12.8 Å². The zero-order valence-electron chi connectivity index (χ0n) is 13.5. The van der Waals surface area contributed by atoms with Gasteiger partial charge < -0.3 is 9.47 Å². The van der Waals surface area contributed by atoms with Gasteiger partial charge in [-0.2, -0.15) is 0 Å². The molecule has 0 bridgehead atoms. The highest BCUT2D eigenvalue weighted by atomic mass is 79.9. The Kier molecular flexibility index (Phi) is 6.89. The molecule has 2 aromatic carbocycles. The van der Waals surface area contributed by atoms with E-state index in [2.05, 4.69) is 61.6 Å². The van der Waals surface area contributed by atoms with Gasteiger partial charge in [0.1, 0.15) is 11.5 Å². The van der Waals surface area contributed by atoms with Gasteiger partial charge >= 0.3 is 5.97 Å². The third-order valence-corrected chi connectivity index (χ3v) is 4.80. The standard InChI is InChI=1S/C18H17Br3O3/c1-10(2)9-23-16-5-4-12(7-14(16)20)18(22)24-17-11(3)6-13(19)8-15(17)21/h4-8,10H,9H2,1-3H3. The van der Waals surface area contributed by atoms with Crippen LogP contribution in [0.15, 0.2) is 43.7 Å². The summed E-state index contributed by atoms with van der Waals surface area (Å²) in [7, 11) is 0. The highest BCUT2D eigenvalue weighted by Gasteiger charge is 2.15. The Morgan fingerprint density at radius 1 is 1.08 bits per heavy atom. The summed E-state index contributed by atoms with van der Waals surface area (Å²) in [6, 6.07) is 8.91. The lowest BCUT2D eigenvalue weighted by molar-refractivity contribution is 0.0732. The molecule has 0 aliphatic carbocycles. The van der Waals surface area contributed by atoms with Gasteiger partial charge in [-0.3, -0.25) is 0 Å². The molecule has 0 aromatic heterocycles. The van der Waals surface area contributed by atoms with E-state index < -0.39 is 5.97 Å². The minimum absolute atomic E-state index is 0.419. The Hall–Kier alpha value is -0.850. The highest BCUT2D eigenvalue weighted by Crippen LogP contribution is 2.33. The number of rotatable bonds is 5. The smallest absolute Gasteiger partial charge is 0.343 e. The Morgan fingerprint density at radius 2 is 1.79 bits per heavy atom. The molecule has 24 heavy (non-hydrogen) atoms. The molecule has 0 atom stereocenters. The first kappa shape index (κ1) is 19.5. The number of ether oxygens (including phenoxy) is 2. The molecule has 0 saturated carbocycles. The van der Waals surface area contributed by atoms with Crippen LogP contribution >= 0.6 is 47.8 Å². The van der Waals surface area contributed by atoms with E-state index in [0.717, 1.165) is 19.0 Å². The summed E-state index contributed by atoms with van der Waals surface area (Å²) in [4.78, 5) is 12.4. The van der Waals surface area contributed by atoms with Crippen LogP contribution in [-0.2, 0) is 0 Å². The van der Waals surface area contributed by atoms with E-state index in [1.165, 1.54) is 0 Å². The minimum atomic E-state index is -0.419. The van der Waals surface area contributed by atoms with Crippen molar-refractivity contribution in [3.05, 3.63) is 54.9 Å². The normalized spacial score (nSPS) is 10.8. The van der Waals surface area contributed by atoms with Gasteiger partial charge in [-0.15, -0.1) is 0 Å². The molecule has 0 amide bonds. The van der Waals surface area contributed by atoms with Gasteiger partial charge in [0.05, 0.1) is 21.1 Å². The molecule has 0 saturated heterocycles. The summed E-state index contributed by atoms with van der Waals surface area (Å²) in [5.41, 5.74) is 1.31. The van der Waals surface area contributed by atoms with Crippen molar-refractivity contribution >= 4 is 53.8 Å². The topological polar surface area (TPSA) is 35.5 Å². The van der Waals surface area contributed by atoms with E-state index in [1.807, 2.05) is 19.1 Å². The Morgan fingerprint density at radius 3 is 2.38 bits per heavy atom. The quantitative estimate of drug-likeness (QED) is 0.332. The Labute approximate surface area is 167 Å². The third-order valence-electron chi connectivity index (χ3n) is 3.13. The second-order valence-corrected chi connectivity index (χ2v) is 8.40. The fourth-order valence-electron chi connectivity index (χ4n) is 1.97. The molecule has 0 spiro atoms.